The lowest BCUT2D eigenvalue weighted by molar-refractivity contribution is -0.117. The van der Waals surface area contributed by atoms with Gasteiger partial charge in [-0.25, -0.2) is 0 Å². The number of carbonyl (C=O) groups is 1. The second kappa shape index (κ2) is 10.2. The van der Waals surface area contributed by atoms with E-state index in [1.807, 2.05) is 6.08 Å². The number of rotatable bonds is 8. The molecule has 0 aromatic heterocycles. The molecule has 0 aliphatic carbocycles. The van der Waals surface area contributed by atoms with E-state index >= 15 is 0 Å². The number of nitriles is 1. The van der Waals surface area contributed by atoms with E-state index in [0.29, 0.717) is 18.4 Å². The molecule has 0 aromatic carbocycles. The summed E-state index contributed by atoms with van der Waals surface area (Å²) in [6, 6.07) is 2.05. The number of nitrogens with zero attached hydrogens (tertiary/aromatic N) is 1. The largest absolute Gasteiger partial charge is 0.352 e. The highest BCUT2D eigenvalue weighted by Gasteiger charge is 2.01. The van der Waals surface area contributed by atoms with Crippen LogP contribution in [0.3, 0.4) is 0 Å². The fourth-order valence-corrected chi connectivity index (χ4v) is 1.34. The Balaban J connectivity index is 3.63. The first kappa shape index (κ1) is 14.7. The van der Waals surface area contributed by atoms with Crippen LogP contribution in [0.5, 0.6) is 0 Å². The second-order valence-electron chi connectivity index (χ2n) is 3.90. The molecule has 0 heterocycles. The van der Waals surface area contributed by atoms with Crippen LogP contribution in [0, 0.1) is 11.3 Å². The SMILES string of the molecule is CCCCCCNC(=O)/C(C)=C/CCC#N. The minimum absolute atomic E-state index is 0.00515. The molecule has 0 atom stereocenters. The lowest BCUT2D eigenvalue weighted by Crippen LogP contribution is -2.25. The molecule has 0 saturated heterocycles. The molecule has 0 aromatic rings. The average Bonchev–Trinajstić information content (AvgIpc) is 2.28. The van der Waals surface area contributed by atoms with Crippen molar-refractivity contribution < 1.29 is 4.79 Å². The first-order valence-corrected chi connectivity index (χ1v) is 6.04. The highest BCUT2D eigenvalue weighted by Crippen LogP contribution is 2.00. The van der Waals surface area contributed by atoms with Crippen molar-refractivity contribution >= 4 is 5.91 Å². The lowest BCUT2D eigenvalue weighted by atomic mass is 10.2. The van der Waals surface area contributed by atoms with Gasteiger partial charge < -0.3 is 5.32 Å². The molecule has 0 unspecified atom stereocenters. The van der Waals surface area contributed by atoms with Gasteiger partial charge in [0.05, 0.1) is 6.07 Å². The van der Waals surface area contributed by atoms with Gasteiger partial charge in [-0.1, -0.05) is 32.3 Å². The maximum atomic E-state index is 11.5. The van der Waals surface area contributed by atoms with Gasteiger partial charge in [-0.2, -0.15) is 5.26 Å². The molecular formula is C13H22N2O. The van der Waals surface area contributed by atoms with Gasteiger partial charge in [0.15, 0.2) is 0 Å². The Morgan fingerprint density at radius 2 is 2.12 bits per heavy atom. The zero-order chi connectivity index (χ0) is 12.2. The zero-order valence-electron chi connectivity index (χ0n) is 10.4. The molecule has 0 rings (SSSR count). The third-order valence-corrected chi connectivity index (χ3v) is 2.38. The zero-order valence-corrected chi connectivity index (χ0v) is 10.4. The summed E-state index contributed by atoms with van der Waals surface area (Å²) < 4.78 is 0. The van der Waals surface area contributed by atoms with Crippen molar-refractivity contribution in [2.45, 2.75) is 52.4 Å². The van der Waals surface area contributed by atoms with Gasteiger partial charge in [0.25, 0.3) is 0 Å². The molecule has 3 heteroatoms. The summed E-state index contributed by atoms with van der Waals surface area (Å²) in [6.07, 6.45) is 7.62. The Bertz CT molecular complexity index is 264. The highest BCUT2D eigenvalue weighted by molar-refractivity contribution is 5.92. The summed E-state index contributed by atoms with van der Waals surface area (Å²) in [5.74, 6) is -0.00515. The highest BCUT2D eigenvalue weighted by atomic mass is 16.1. The fourth-order valence-electron chi connectivity index (χ4n) is 1.34. The number of carbonyl (C=O) groups excluding carboxylic acids is 1. The molecular weight excluding hydrogens is 200 g/mol. The van der Waals surface area contributed by atoms with Crippen molar-refractivity contribution in [1.82, 2.24) is 5.32 Å². The number of unbranched alkanes of at least 4 members (excludes halogenated alkanes) is 4. The summed E-state index contributed by atoms with van der Waals surface area (Å²) in [6.45, 7) is 4.71. The van der Waals surface area contributed by atoms with Crippen molar-refractivity contribution in [2.75, 3.05) is 6.54 Å². The van der Waals surface area contributed by atoms with E-state index < -0.39 is 0 Å². The van der Waals surface area contributed by atoms with Crippen molar-refractivity contribution in [3.8, 4) is 6.07 Å². The summed E-state index contributed by atoms with van der Waals surface area (Å²) in [5, 5.41) is 11.2. The van der Waals surface area contributed by atoms with Crippen molar-refractivity contribution in [1.29, 1.82) is 5.26 Å². The van der Waals surface area contributed by atoms with Crippen molar-refractivity contribution in [3.63, 3.8) is 0 Å². The van der Waals surface area contributed by atoms with Crippen molar-refractivity contribution in [2.24, 2.45) is 0 Å². The monoisotopic (exact) mass is 222 g/mol. The predicted octanol–water partition coefficient (Wildman–Crippen LogP) is 2.93. The maximum absolute atomic E-state index is 11.5. The fraction of sp³-hybridized carbons (Fsp3) is 0.692. The molecule has 0 fully saturated rings. The van der Waals surface area contributed by atoms with Crippen LogP contribution in [0.15, 0.2) is 11.6 Å². The summed E-state index contributed by atoms with van der Waals surface area (Å²) in [4.78, 5) is 11.5. The van der Waals surface area contributed by atoms with E-state index in [1.165, 1.54) is 19.3 Å². The Labute approximate surface area is 98.5 Å². The van der Waals surface area contributed by atoms with Gasteiger partial charge in [0.1, 0.15) is 0 Å². The smallest absolute Gasteiger partial charge is 0.246 e. The topological polar surface area (TPSA) is 52.9 Å². The summed E-state index contributed by atoms with van der Waals surface area (Å²) >= 11 is 0. The van der Waals surface area contributed by atoms with Crippen LogP contribution in [-0.2, 0) is 4.79 Å². The number of amides is 1. The third kappa shape index (κ3) is 8.05. The second-order valence-corrected chi connectivity index (χ2v) is 3.90. The summed E-state index contributed by atoms with van der Waals surface area (Å²) in [7, 11) is 0. The normalized spacial score (nSPS) is 10.9. The van der Waals surface area contributed by atoms with Crippen molar-refractivity contribution in [3.05, 3.63) is 11.6 Å². The Morgan fingerprint density at radius 1 is 1.38 bits per heavy atom. The molecule has 0 saturated carbocycles. The summed E-state index contributed by atoms with van der Waals surface area (Å²) in [5.41, 5.74) is 0.714. The van der Waals surface area contributed by atoms with Crippen LogP contribution in [-0.4, -0.2) is 12.5 Å². The molecule has 3 nitrogen and oxygen atoms in total. The molecule has 1 amide bonds. The molecule has 16 heavy (non-hydrogen) atoms. The molecule has 0 radical (unpaired) electrons. The minimum Gasteiger partial charge on any atom is -0.352 e. The Morgan fingerprint density at radius 3 is 2.75 bits per heavy atom. The average molecular weight is 222 g/mol. The van der Waals surface area contributed by atoms with Gasteiger partial charge in [-0.15, -0.1) is 0 Å². The minimum atomic E-state index is -0.00515. The third-order valence-electron chi connectivity index (χ3n) is 2.38. The Kier molecular flexibility index (Phi) is 9.39. The number of hydrogen-bond donors (Lipinski definition) is 1. The van der Waals surface area contributed by atoms with Gasteiger partial charge in [-0.05, 0) is 19.8 Å². The molecule has 90 valence electrons. The first-order chi connectivity index (χ1) is 7.72. The number of nitrogens with one attached hydrogen (secondary N) is 1. The van der Waals surface area contributed by atoms with E-state index in [1.54, 1.807) is 6.92 Å². The number of allylic oxidation sites excluding steroid dienone is 1. The van der Waals surface area contributed by atoms with E-state index in [2.05, 4.69) is 18.3 Å². The van der Waals surface area contributed by atoms with Gasteiger partial charge in [0, 0.05) is 18.5 Å². The quantitative estimate of drug-likeness (QED) is 0.507. The maximum Gasteiger partial charge on any atom is 0.246 e. The van der Waals surface area contributed by atoms with E-state index in [0.717, 1.165) is 13.0 Å². The van der Waals surface area contributed by atoms with Crippen LogP contribution in [0.4, 0.5) is 0 Å². The van der Waals surface area contributed by atoms with E-state index in [4.69, 9.17) is 5.26 Å². The van der Waals surface area contributed by atoms with Crippen LogP contribution < -0.4 is 5.32 Å². The van der Waals surface area contributed by atoms with Crippen LogP contribution in [0.25, 0.3) is 0 Å². The van der Waals surface area contributed by atoms with E-state index in [-0.39, 0.29) is 5.91 Å². The number of hydrogen-bond acceptors (Lipinski definition) is 2. The Hall–Kier alpha value is -1.30. The molecule has 0 spiro atoms. The molecule has 0 aliphatic heterocycles. The van der Waals surface area contributed by atoms with Gasteiger partial charge in [-0.3, -0.25) is 4.79 Å². The van der Waals surface area contributed by atoms with Crippen LogP contribution in [0.2, 0.25) is 0 Å². The lowest BCUT2D eigenvalue weighted by Gasteiger charge is -2.04. The van der Waals surface area contributed by atoms with Crippen LogP contribution in [0.1, 0.15) is 52.4 Å². The van der Waals surface area contributed by atoms with E-state index in [9.17, 15) is 4.79 Å². The van der Waals surface area contributed by atoms with Gasteiger partial charge in [0.2, 0.25) is 5.91 Å². The standard InChI is InChI=1S/C13H22N2O/c1-3-4-5-8-11-15-13(16)12(2)9-6-7-10-14/h9H,3-8,11H2,1-2H3,(H,15,16)/b12-9+. The van der Waals surface area contributed by atoms with Crippen LogP contribution >= 0.6 is 0 Å². The predicted molar refractivity (Wildman–Crippen MR) is 65.8 cm³/mol. The molecule has 1 N–H and O–H groups in total. The first-order valence-electron chi connectivity index (χ1n) is 6.04. The molecule has 0 aliphatic rings. The van der Waals surface area contributed by atoms with Gasteiger partial charge >= 0.3 is 0 Å². The molecule has 0 bridgehead atoms.